The topological polar surface area (TPSA) is 43.4 Å². The Hall–Kier alpha value is -1.12. The molecule has 0 unspecified atom stereocenters. The number of ketones is 1. The largest absolute Gasteiger partial charge is 0.466 e. The summed E-state index contributed by atoms with van der Waals surface area (Å²) in [7, 11) is 0. The van der Waals surface area contributed by atoms with E-state index in [-0.39, 0.29) is 5.97 Å². The maximum Gasteiger partial charge on any atom is 0.305 e. The average molecular weight is 238 g/mol. The number of carbonyl (C=O) groups is 2. The monoisotopic (exact) mass is 238 g/mol. The van der Waals surface area contributed by atoms with Crippen molar-refractivity contribution >= 4 is 11.8 Å². The zero-order valence-electron chi connectivity index (χ0n) is 10.7. The van der Waals surface area contributed by atoms with Crippen LogP contribution in [0.1, 0.15) is 58.3 Å². The Morgan fingerprint density at radius 1 is 1.29 bits per heavy atom. The molecule has 3 nitrogen and oxygen atoms in total. The molecule has 0 N–H and O–H groups in total. The van der Waals surface area contributed by atoms with Gasteiger partial charge >= 0.3 is 5.97 Å². The number of hydrogen-bond donors (Lipinski definition) is 0. The number of carbonyl (C=O) groups excluding carboxylic acids is 2. The molecule has 17 heavy (non-hydrogen) atoms. The maximum absolute atomic E-state index is 11.3. The predicted octanol–water partition coefficient (Wildman–Crippen LogP) is 3.18. The molecule has 1 rings (SSSR count). The van der Waals surface area contributed by atoms with Crippen molar-refractivity contribution in [3.8, 4) is 0 Å². The van der Waals surface area contributed by atoms with Crippen LogP contribution in [0.15, 0.2) is 11.6 Å². The number of Topliss-reactive ketones (excluding diaryl/α,β-unsaturated/α-hetero) is 1. The summed E-state index contributed by atoms with van der Waals surface area (Å²) in [5.74, 6) is 0.234. The Kier molecular flexibility index (Phi) is 6.60. The third kappa shape index (κ3) is 5.66. The lowest BCUT2D eigenvalue weighted by atomic mass is 10.0. The lowest BCUT2D eigenvalue weighted by Gasteiger charge is -2.02. The molecule has 0 amide bonds. The summed E-state index contributed by atoms with van der Waals surface area (Å²) in [6.45, 7) is 2.29. The smallest absolute Gasteiger partial charge is 0.305 e. The number of rotatable bonds is 8. The molecule has 0 heterocycles. The van der Waals surface area contributed by atoms with Gasteiger partial charge in [0.1, 0.15) is 0 Å². The standard InChI is InChI=1S/C14H22O3/c1-2-17-14(16)11-6-4-3-5-8-12-9-7-10-13(12)15/h9H,2-8,10-11H2,1H3. The minimum absolute atomic E-state index is 0.0961. The van der Waals surface area contributed by atoms with Crippen LogP contribution in [0.5, 0.6) is 0 Å². The molecule has 0 atom stereocenters. The zero-order valence-corrected chi connectivity index (χ0v) is 10.7. The fraction of sp³-hybridized carbons (Fsp3) is 0.714. The van der Waals surface area contributed by atoms with Gasteiger partial charge < -0.3 is 4.74 Å². The van der Waals surface area contributed by atoms with Gasteiger partial charge in [0, 0.05) is 12.8 Å². The van der Waals surface area contributed by atoms with Crippen LogP contribution in [-0.2, 0) is 14.3 Å². The molecule has 0 saturated carbocycles. The molecule has 0 fully saturated rings. The van der Waals surface area contributed by atoms with Crippen LogP contribution < -0.4 is 0 Å². The van der Waals surface area contributed by atoms with Crippen LogP contribution in [0.4, 0.5) is 0 Å². The fourth-order valence-electron chi connectivity index (χ4n) is 2.06. The van der Waals surface area contributed by atoms with Gasteiger partial charge in [-0.2, -0.15) is 0 Å². The van der Waals surface area contributed by atoms with E-state index in [9.17, 15) is 9.59 Å². The van der Waals surface area contributed by atoms with Crippen molar-refractivity contribution in [1.29, 1.82) is 0 Å². The van der Waals surface area contributed by atoms with Gasteiger partial charge in [-0.1, -0.05) is 18.9 Å². The Bertz CT molecular complexity index is 292. The quantitative estimate of drug-likeness (QED) is 0.482. The summed E-state index contributed by atoms with van der Waals surface area (Å²) in [5, 5.41) is 0. The normalized spacial score (nSPS) is 14.9. The van der Waals surface area contributed by atoms with E-state index >= 15 is 0 Å². The van der Waals surface area contributed by atoms with E-state index in [4.69, 9.17) is 4.74 Å². The summed E-state index contributed by atoms with van der Waals surface area (Å²) in [4.78, 5) is 22.4. The maximum atomic E-state index is 11.3. The summed E-state index contributed by atoms with van der Waals surface area (Å²) in [6, 6.07) is 0. The fourth-order valence-corrected chi connectivity index (χ4v) is 2.06. The van der Waals surface area contributed by atoms with E-state index in [0.717, 1.165) is 44.1 Å². The van der Waals surface area contributed by atoms with Crippen LogP contribution in [-0.4, -0.2) is 18.4 Å². The third-order valence-electron chi connectivity index (χ3n) is 3.00. The highest BCUT2D eigenvalue weighted by Crippen LogP contribution is 2.20. The predicted molar refractivity (Wildman–Crippen MR) is 66.7 cm³/mol. The highest BCUT2D eigenvalue weighted by Gasteiger charge is 2.13. The minimum atomic E-state index is -0.0961. The van der Waals surface area contributed by atoms with Gasteiger partial charge in [0.05, 0.1) is 6.61 Å². The van der Waals surface area contributed by atoms with Gasteiger partial charge in [-0.3, -0.25) is 9.59 Å². The third-order valence-corrected chi connectivity index (χ3v) is 3.00. The Labute approximate surface area is 103 Å². The molecule has 0 aromatic carbocycles. The molecule has 0 aliphatic heterocycles. The molecule has 3 heteroatoms. The van der Waals surface area contributed by atoms with Crippen molar-refractivity contribution in [3.05, 3.63) is 11.6 Å². The zero-order chi connectivity index (χ0) is 12.5. The Morgan fingerprint density at radius 3 is 2.71 bits per heavy atom. The van der Waals surface area contributed by atoms with Gasteiger partial charge in [0.25, 0.3) is 0 Å². The van der Waals surface area contributed by atoms with Crippen molar-refractivity contribution in [1.82, 2.24) is 0 Å². The van der Waals surface area contributed by atoms with Gasteiger partial charge in [-0.25, -0.2) is 0 Å². The summed E-state index contributed by atoms with van der Waals surface area (Å²) in [6.07, 6.45) is 9.22. The van der Waals surface area contributed by atoms with Crippen molar-refractivity contribution in [3.63, 3.8) is 0 Å². The van der Waals surface area contributed by atoms with E-state index < -0.39 is 0 Å². The summed E-state index contributed by atoms with van der Waals surface area (Å²) >= 11 is 0. The first-order valence-electron chi connectivity index (χ1n) is 6.62. The average Bonchev–Trinajstić information content (AvgIpc) is 2.70. The van der Waals surface area contributed by atoms with Gasteiger partial charge in [-0.15, -0.1) is 0 Å². The van der Waals surface area contributed by atoms with E-state index in [1.54, 1.807) is 0 Å². The lowest BCUT2D eigenvalue weighted by molar-refractivity contribution is -0.143. The van der Waals surface area contributed by atoms with Gasteiger partial charge in [0.2, 0.25) is 0 Å². The molecular weight excluding hydrogens is 216 g/mol. The highest BCUT2D eigenvalue weighted by molar-refractivity contribution is 5.97. The van der Waals surface area contributed by atoms with Crippen molar-refractivity contribution in [2.45, 2.75) is 58.3 Å². The van der Waals surface area contributed by atoms with Crippen LogP contribution in [0.25, 0.3) is 0 Å². The molecular formula is C14H22O3. The molecule has 0 spiro atoms. The molecule has 0 radical (unpaired) electrons. The first-order chi connectivity index (χ1) is 8.24. The lowest BCUT2D eigenvalue weighted by Crippen LogP contribution is -2.03. The molecule has 0 aromatic rings. The number of hydrogen-bond acceptors (Lipinski definition) is 3. The molecule has 1 aliphatic rings. The van der Waals surface area contributed by atoms with Crippen LogP contribution in [0.3, 0.4) is 0 Å². The van der Waals surface area contributed by atoms with Crippen molar-refractivity contribution < 1.29 is 14.3 Å². The number of esters is 1. The summed E-state index contributed by atoms with van der Waals surface area (Å²) < 4.78 is 4.85. The number of allylic oxidation sites excluding steroid dienone is 2. The molecule has 96 valence electrons. The van der Waals surface area contributed by atoms with E-state index in [1.807, 2.05) is 6.92 Å². The number of ether oxygens (including phenoxy) is 1. The van der Waals surface area contributed by atoms with Crippen LogP contribution in [0, 0.1) is 0 Å². The molecule has 1 aliphatic carbocycles. The van der Waals surface area contributed by atoms with Crippen LogP contribution in [0.2, 0.25) is 0 Å². The van der Waals surface area contributed by atoms with Crippen LogP contribution >= 0.6 is 0 Å². The van der Waals surface area contributed by atoms with Gasteiger partial charge in [0.15, 0.2) is 5.78 Å². The first-order valence-corrected chi connectivity index (χ1v) is 6.62. The number of unbranched alkanes of at least 4 members (excludes halogenated alkanes) is 3. The molecule has 0 aromatic heterocycles. The van der Waals surface area contributed by atoms with Crippen molar-refractivity contribution in [2.24, 2.45) is 0 Å². The molecule has 0 saturated heterocycles. The minimum Gasteiger partial charge on any atom is -0.466 e. The second kappa shape index (κ2) is 8.04. The Morgan fingerprint density at radius 2 is 2.06 bits per heavy atom. The second-order valence-electron chi connectivity index (χ2n) is 4.41. The highest BCUT2D eigenvalue weighted by atomic mass is 16.5. The van der Waals surface area contributed by atoms with E-state index in [2.05, 4.69) is 6.08 Å². The van der Waals surface area contributed by atoms with E-state index in [1.165, 1.54) is 0 Å². The molecule has 0 bridgehead atoms. The second-order valence-corrected chi connectivity index (χ2v) is 4.41. The Balaban J connectivity index is 1.94. The first kappa shape index (κ1) is 13.9. The summed E-state index contributed by atoms with van der Waals surface area (Å²) in [5.41, 5.74) is 1.02. The van der Waals surface area contributed by atoms with E-state index in [0.29, 0.717) is 25.2 Å². The van der Waals surface area contributed by atoms with Gasteiger partial charge in [-0.05, 0) is 38.2 Å². The SMILES string of the molecule is CCOC(=O)CCCCCCC1=CCCC1=O. The van der Waals surface area contributed by atoms with Crippen molar-refractivity contribution in [2.75, 3.05) is 6.61 Å².